The average Bonchev–Trinajstić information content (AvgIpc) is 1.62. The fraction of sp³-hybridized carbons (Fsp3) is 1.00. The van der Waals surface area contributed by atoms with Gasteiger partial charge in [0, 0.05) is 0 Å². The summed E-state index contributed by atoms with van der Waals surface area (Å²) in [7, 11) is -3.47. The van der Waals surface area contributed by atoms with Gasteiger partial charge < -0.3 is 0 Å². The van der Waals surface area contributed by atoms with Crippen LogP contribution in [0.25, 0.3) is 0 Å². The summed E-state index contributed by atoms with van der Waals surface area (Å²) in [5.41, 5.74) is -1.52. The van der Waals surface area contributed by atoms with Gasteiger partial charge in [-0.3, -0.25) is 0 Å². The first-order chi connectivity index (χ1) is 4.19. The summed E-state index contributed by atoms with van der Waals surface area (Å²) in [6, 6.07) is 0. The molecule has 0 N–H and O–H groups in total. The van der Waals surface area contributed by atoms with Crippen molar-refractivity contribution in [3.63, 3.8) is 0 Å². The molecule has 0 bridgehead atoms. The second-order valence-corrected chi connectivity index (χ2v) is 6.20. The molecule has 4 heteroatoms. The van der Waals surface area contributed by atoms with Crippen molar-refractivity contribution in [2.45, 2.75) is 37.9 Å². The zero-order chi connectivity index (χ0) is 8.58. The lowest BCUT2D eigenvalue weighted by Gasteiger charge is -2.19. The van der Waals surface area contributed by atoms with Gasteiger partial charge in [0.25, 0.3) is 0 Å². The first kappa shape index (κ1) is 9.91. The Morgan fingerprint density at radius 1 is 1.20 bits per heavy atom. The Balaban J connectivity index is 4.79. The largest absolute Gasteiger partial charge is 0.225 e. The van der Waals surface area contributed by atoms with Crippen LogP contribution in [0, 0.1) is 0 Å². The lowest BCUT2D eigenvalue weighted by atomic mass is 10.3. The van der Waals surface area contributed by atoms with E-state index in [4.69, 9.17) is 0 Å². The molecule has 0 heterocycles. The first-order valence-corrected chi connectivity index (χ1v) is 4.63. The third-order valence-corrected chi connectivity index (χ3v) is 3.87. The van der Waals surface area contributed by atoms with Crippen LogP contribution in [0.15, 0.2) is 0 Å². The van der Waals surface area contributed by atoms with E-state index >= 15 is 0 Å². The summed E-state index contributed by atoms with van der Waals surface area (Å²) < 4.78 is 21.2. The fourth-order valence-corrected chi connectivity index (χ4v) is 1.49. The molecule has 61 valence electrons. The minimum Gasteiger partial charge on any atom is -0.225 e. The van der Waals surface area contributed by atoms with Crippen LogP contribution in [0.1, 0.15) is 27.7 Å². The number of hydrogen-bond acceptors (Lipinski definition) is 2. The Hall–Kier alpha value is -0.0900. The van der Waals surface area contributed by atoms with Crippen molar-refractivity contribution < 1.29 is 13.5 Å². The molecule has 0 spiro atoms. The molecule has 0 aromatic rings. The molecule has 1 atom stereocenters. The van der Waals surface area contributed by atoms with Gasteiger partial charge >= 0.3 is 0 Å². The number of rotatable bonds is 1. The molecule has 0 fully saturated rings. The van der Waals surface area contributed by atoms with Crippen molar-refractivity contribution in [1.29, 1.82) is 0 Å². The predicted molar refractivity (Wildman–Crippen MR) is 38.8 cm³/mol. The molecule has 0 aromatic carbocycles. The molecule has 0 saturated carbocycles. The molecule has 1 radical (unpaired) electrons. The molecule has 0 aliphatic carbocycles. The third kappa shape index (κ3) is 1.70. The average molecular weight is 165 g/mol. The molecule has 3 nitrogen and oxygen atoms in total. The molecule has 0 aromatic heterocycles. The Bertz CT molecular complexity index is 196. The highest BCUT2D eigenvalue weighted by Gasteiger charge is 2.34. The minimum absolute atomic E-state index is 0.922. The van der Waals surface area contributed by atoms with Crippen LogP contribution in [0.4, 0.5) is 0 Å². The maximum Gasteiger partial charge on any atom is 0.191 e. The Morgan fingerprint density at radius 3 is 1.50 bits per heavy atom. The summed E-state index contributed by atoms with van der Waals surface area (Å²) in [6.45, 7) is 5.73. The molecule has 0 rings (SSSR count). The van der Waals surface area contributed by atoms with Crippen molar-refractivity contribution in [2.75, 3.05) is 0 Å². The van der Waals surface area contributed by atoms with Crippen LogP contribution >= 0.6 is 0 Å². The number of hydrogen-bond donors (Lipinski definition) is 0. The Morgan fingerprint density at radius 2 is 1.50 bits per heavy atom. The van der Waals surface area contributed by atoms with Gasteiger partial charge in [-0.05, 0) is 27.7 Å². The summed E-state index contributed by atoms with van der Waals surface area (Å²) in [5, 5.41) is 10.6. The highest BCUT2D eigenvalue weighted by molar-refractivity contribution is 7.93. The highest BCUT2D eigenvalue weighted by Crippen LogP contribution is 2.18. The van der Waals surface area contributed by atoms with Crippen LogP contribution in [-0.2, 0) is 14.9 Å². The van der Waals surface area contributed by atoms with E-state index in [0.717, 1.165) is 6.92 Å². The maximum atomic E-state index is 11.0. The summed E-state index contributed by atoms with van der Waals surface area (Å²) in [4.78, 5) is 0. The molecule has 0 amide bonds. The molecule has 0 aliphatic heterocycles. The fourth-order valence-electron chi connectivity index (χ4n) is 0.498. The van der Waals surface area contributed by atoms with Gasteiger partial charge in [0.2, 0.25) is 0 Å². The van der Waals surface area contributed by atoms with E-state index in [1.54, 1.807) is 0 Å². The van der Waals surface area contributed by atoms with Crippen LogP contribution in [-0.4, -0.2) is 18.6 Å². The lowest BCUT2D eigenvalue weighted by Crippen LogP contribution is -2.34. The summed E-state index contributed by atoms with van der Waals surface area (Å²) >= 11 is 0. The van der Waals surface area contributed by atoms with Crippen LogP contribution in [0.2, 0.25) is 0 Å². The predicted octanol–water partition coefficient (Wildman–Crippen LogP) is 0.976. The van der Waals surface area contributed by atoms with Crippen molar-refractivity contribution >= 4 is 9.84 Å². The molecule has 0 saturated heterocycles. The van der Waals surface area contributed by atoms with Crippen molar-refractivity contribution in [2.24, 2.45) is 0 Å². The first-order valence-electron chi connectivity index (χ1n) is 3.09. The molecular weight excluding hydrogens is 152 g/mol. The smallest absolute Gasteiger partial charge is 0.191 e. The van der Waals surface area contributed by atoms with E-state index < -0.39 is 20.0 Å². The van der Waals surface area contributed by atoms with E-state index in [2.05, 4.69) is 0 Å². The summed E-state index contributed by atoms with van der Waals surface area (Å²) in [5.74, 6) is 0. The SMILES string of the molecule is CC([O])S(=O)(=O)C(C)(C)C. The van der Waals surface area contributed by atoms with Gasteiger partial charge in [0.05, 0.1) is 4.75 Å². The maximum absolute atomic E-state index is 11.0. The van der Waals surface area contributed by atoms with E-state index in [0.29, 0.717) is 0 Å². The normalized spacial score (nSPS) is 16.9. The molecular formula is C6H13O3S. The van der Waals surface area contributed by atoms with Crippen molar-refractivity contribution in [3.05, 3.63) is 0 Å². The lowest BCUT2D eigenvalue weighted by molar-refractivity contribution is 0.168. The second kappa shape index (κ2) is 2.51. The minimum atomic E-state index is -3.47. The number of sulfone groups is 1. The molecule has 10 heavy (non-hydrogen) atoms. The van der Waals surface area contributed by atoms with E-state index in [1.165, 1.54) is 20.8 Å². The van der Waals surface area contributed by atoms with Crippen LogP contribution in [0.5, 0.6) is 0 Å². The van der Waals surface area contributed by atoms with Gasteiger partial charge in [-0.1, -0.05) is 0 Å². The second-order valence-electron chi connectivity index (χ2n) is 3.23. The molecule has 1 unspecified atom stereocenters. The van der Waals surface area contributed by atoms with E-state index in [-0.39, 0.29) is 0 Å². The van der Waals surface area contributed by atoms with Gasteiger partial charge in [-0.2, -0.15) is 0 Å². The topological polar surface area (TPSA) is 54.0 Å². The van der Waals surface area contributed by atoms with E-state index in [1.807, 2.05) is 0 Å². The third-order valence-electron chi connectivity index (χ3n) is 1.29. The quantitative estimate of drug-likeness (QED) is 0.581. The Labute approximate surface area is 62.0 Å². The van der Waals surface area contributed by atoms with Crippen LogP contribution < -0.4 is 0 Å². The van der Waals surface area contributed by atoms with Crippen molar-refractivity contribution in [1.82, 2.24) is 0 Å². The monoisotopic (exact) mass is 165 g/mol. The zero-order valence-electron chi connectivity index (χ0n) is 6.71. The summed E-state index contributed by atoms with van der Waals surface area (Å²) in [6.07, 6.45) is 0. The van der Waals surface area contributed by atoms with Crippen LogP contribution in [0.3, 0.4) is 0 Å². The zero-order valence-corrected chi connectivity index (χ0v) is 7.53. The van der Waals surface area contributed by atoms with Crippen molar-refractivity contribution in [3.8, 4) is 0 Å². The Kier molecular flexibility index (Phi) is 2.49. The van der Waals surface area contributed by atoms with E-state index in [9.17, 15) is 13.5 Å². The van der Waals surface area contributed by atoms with Gasteiger partial charge in [0.1, 0.15) is 0 Å². The van der Waals surface area contributed by atoms with Gasteiger partial charge in [-0.25, -0.2) is 13.5 Å². The van der Waals surface area contributed by atoms with Gasteiger partial charge in [0.15, 0.2) is 15.3 Å². The highest BCUT2D eigenvalue weighted by atomic mass is 32.2. The standard InChI is InChI=1S/C6H13O3S/c1-5(7)10(8,9)6(2,3)4/h5H,1-4H3. The van der Waals surface area contributed by atoms with Gasteiger partial charge in [-0.15, -0.1) is 0 Å². The molecule has 0 aliphatic rings.